The first-order chi connectivity index (χ1) is 8.72. The number of hydrogen-bond donors (Lipinski definition) is 1. The van der Waals surface area contributed by atoms with E-state index in [1.807, 2.05) is 30.5 Å². The lowest BCUT2D eigenvalue weighted by Crippen LogP contribution is -2.13. The van der Waals surface area contributed by atoms with Gasteiger partial charge in [0.2, 0.25) is 0 Å². The molecule has 0 saturated heterocycles. The standard InChI is InChI=1S/C13H11BrN2OS/c1-18-11-7-3-2-6-10(11)16-13(17)9-5-4-8-15-12(9)14/h2-8H,1H3,(H,16,17). The number of benzene rings is 1. The van der Waals surface area contributed by atoms with Crippen molar-refractivity contribution in [2.75, 3.05) is 11.6 Å². The largest absolute Gasteiger partial charge is 0.321 e. The highest BCUT2D eigenvalue weighted by Gasteiger charge is 2.11. The maximum atomic E-state index is 12.1. The molecule has 92 valence electrons. The second-order valence-corrected chi connectivity index (χ2v) is 5.10. The van der Waals surface area contributed by atoms with E-state index in [-0.39, 0.29) is 5.91 Å². The minimum Gasteiger partial charge on any atom is -0.321 e. The fraction of sp³-hybridized carbons (Fsp3) is 0.0769. The van der Waals surface area contributed by atoms with Crippen molar-refractivity contribution in [2.45, 2.75) is 4.90 Å². The van der Waals surface area contributed by atoms with Gasteiger partial charge in [0.25, 0.3) is 5.91 Å². The van der Waals surface area contributed by atoms with Crippen molar-refractivity contribution in [3.8, 4) is 0 Å². The molecule has 0 unspecified atom stereocenters. The Kier molecular flexibility index (Phi) is 4.38. The third-order valence-electron chi connectivity index (χ3n) is 2.36. The number of nitrogens with one attached hydrogen (secondary N) is 1. The minimum absolute atomic E-state index is 0.170. The molecule has 0 atom stereocenters. The van der Waals surface area contributed by atoms with Crippen molar-refractivity contribution < 1.29 is 4.79 Å². The van der Waals surface area contributed by atoms with Crippen LogP contribution in [0.2, 0.25) is 0 Å². The normalized spacial score (nSPS) is 10.1. The molecule has 0 aliphatic carbocycles. The molecule has 0 fully saturated rings. The number of amides is 1. The average Bonchev–Trinajstić information content (AvgIpc) is 2.39. The summed E-state index contributed by atoms with van der Waals surface area (Å²) in [5, 5.41) is 2.89. The zero-order chi connectivity index (χ0) is 13.0. The van der Waals surface area contributed by atoms with Gasteiger partial charge >= 0.3 is 0 Å². The van der Waals surface area contributed by atoms with Gasteiger partial charge in [-0.3, -0.25) is 4.79 Å². The van der Waals surface area contributed by atoms with E-state index >= 15 is 0 Å². The van der Waals surface area contributed by atoms with E-state index in [4.69, 9.17) is 0 Å². The number of rotatable bonds is 3. The Bertz CT molecular complexity index is 574. The summed E-state index contributed by atoms with van der Waals surface area (Å²) >= 11 is 4.86. The van der Waals surface area contributed by atoms with Gasteiger partial charge in [0.15, 0.2) is 0 Å². The molecule has 2 rings (SSSR count). The molecule has 18 heavy (non-hydrogen) atoms. The number of carbonyl (C=O) groups is 1. The van der Waals surface area contributed by atoms with Gasteiger partial charge in [0.1, 0.15) is 4.60 Å². The van der Waals surface area contributed by atoms with Crippen LogP contribution in [-0.2, 0) is 0 Å². The fourth-order valence-electron chi connectivity index (χ4n) is 1.49. The third kappa shape index (κ3) is 2.91. The van der Waals surface area contributed by atoms with E-state index in [0.29, 0.717) is 10.2 Å². The molecule has 0 bridgehead atoms. The van der Waals surface area contributed by atoms with Crippen molar-refractivity contribution >= 4 is 39.3 Å². The molecule has 1 heterocycles. The van der Waals surface area contributed by atoms with Crippen LogP contribution in [0, 0.1) is 0 Å². The van der Waals surface area contributed by atoms with E-state index in [1.54, 1.807) is 30.1 Å². The molecular weight excluding hydrogens is 312 g/mol. The van der Waals surface area contributed by atoms with Gasteiger partial charge in [0, 0.05) is 11.1 Å². The number of hydrogen-bond acceptors (Lipinski definition) is 3. The molecule has 1 amide bonds. The highest BCUT2D eigenvalue weighted by Crippen LogP contribution is 2.25. The lowest BCUT2D eigenvalue weighted by Gasteiger charge is -2.09. The number of carbonyl (C=O) groups excluding carboxylic acids is 1. The summed E-state index contributed by atoms with van der Waals surface area (Å²) in [7, 11) is 0. The number of halogens is 1. The number of anilines is 1. The van der Waals surface area contributed by atoms with Crippen LogP contribution in [0.1, 0.15) is 10.4 Å². The first kappa shape index (κ1) is 13.1. The van der Waals surface area contributed by atoms with Crippen molar-refractivity contribution in [1.29, 1.82) is 0 Å². The van der Waals surface area contributed by atoms with Crippen LogP contribution in [0.15, 0.2) is 52.1 Å². The van der Waals surface area contributed by atoms with Gasteiger partial charge in [-0.05, 0) is 46.5 Å². The van der Waals surface area contributed by atoms with Crippen molar-refractivity contribution in [3.05, 3.63) is 52.8 Å². The SMILES string of the molecule is CSc1ccccc1NC(=O)c1cccnc1Br. The lowest BCUT2D eigenvalue weighted by molar-refractivity contribution is 0.102. The van der Waals surface area contributed by atoms with Crippen molar-refractivity contribution in [1.82, 2.24) is 4.98 Å². The first-order valence-corrected chi connectivity index (χ1v) is 7.29. The van der Waals surface area contributed by atoms with Crippen LogP contribution < -0.4 is 5.32 Å². The molecule has 0 aliphatic heterocycles. The summed E-state index contributed by atoms with van der Waals surface area (Å²) in [6, 6.07) is 11.2. The highest BCUT2D eigenvalue weighted by atomic mass is 79.9. The summed E-state index contributed by atoms with van der Waals surface area (Å²) in [5.41, 5.74) is 1.33. The molecule has 1 N–H and O–H groups in total. The molecule has 1 aromatic carbocycles. The van der Waals surface area contributed by atoms with Gasteiger partial charge in [0.05, 0.1) is 11.3 Å². The van der Waals surface area contributed by atoms with E-state index in [2.05, 4.69) is 26.2 Å². The fourth-order valence-corrected chi connectivity index (χ4v) is 2.48. The van der Waals surface area contributed by atoms with E-state index in [9.17, 15) is 4.79 Å². The zero-order valence-corrected chi connectivity index (χ0v) is 12.1. The van der Waals surface area contributed by atoms with Crippen LogP contribution >= 0.6 is 27.7 Å². The van der Waals surface area contributed by atoms with Crippen LogP contribution in [-0.4, -0.2) is 17.1 Å². The lowest BCUT2D eigenvalue weighted by atomic mass is 10.2. The van der Waals surface area contributed by atoms with E-state index in [1.165, 1.54) is 0 Å². The Morgan fingerprint density at radius 2 is 2.06 bits per heavy atom. The third-order valence-corrected chi connectivity index (χ3v) is 3.79. The topological polar surface area (TPSA) is 42.0 Å². The summed E-state index contributed by atoms with van der Waals surface area (Å²) in [5.74, 6) is -0.170. The van der Waals surface area contributed by atoms with Crippen LogP contribution in [0.4, 0.5) is 5.69 Å². The van der Waals surface area contributed by atoms with Crippen LogP contribution in [0.3, 0.4) is 0 Å². The molecule has 0 radical (unpaired) electrons. The number of aromatic nitrogens is 1. The number of pyridine rings is 1. The molecular formula is C13H11BrN2OS. The smallest absolute Gasteiger partial charge is 0.258 e. The summed E-state index contributed by atoms with van der Waals surface area (Å²) in [6.45, 7) is 0. The molecule has 0 saturated carbocycles. The second kappa shape index (κ2) is 6.02. The molecule has 0 aliphatic rings. The zero-order valence-electron chi connectivity index (χ0n) is 9.68. The second-order valence-electron chi connectivity index (χ2n) is 3.50. The van der Waals surface area contributed by atoms with Gasteiger partial charge in [-0.2, -0.15) is 0 Å². The summed E-state index contributed by atoms with van der Waals surface area (Å²) < 4.78 is 0.545. The Balaban J connectivity index is 2.24. The quantitative estimate of drug-likeness (QED) is 0.690. The number of thioether (sulfide) groups is 1. The molecule has 1 aromatic heterocycles. The predicted molar refractivity (Wildman–Crippen MR) is 78.1 cm³/mol. The predicted octanol–water partition coefficient (Wildman–Crippen LogP) is 3.82. The molecule has 0 spiro atoms. The Hall–Kier alpha value is -1.33. The van der Waals surface area contributed by atoms with E-state index in [0.717, 1.165) is 10.6 Å². The minimum atomic E-state index is -0.170. The highest BCUT2D eigenvalue weighted by molar-refractivity contribution is 9.10. The maximum Gasteiger partial charge on any atom is 0.258 e. The number of nitrogens with zero attached hydrogens (tertiary/aromatic N) is 1. The molecule has 5 heteroatoms. The first-order valence-electron chi connectivity index (χ1n) is 5.27. The number of para-hydroxylation sites is 1. The Labute approximate surface area is 118 Å². The maximum absolute atomic E-state index is 12.1. The van der Waals surface area contributed by atoms with Crippen molar-refractivity contribution in [2.24, 2.45) is 0 Å². The average molecular weight is 323 g/mol. The van der Waals surface area contributed by atoms with Gasteiger partial charge in [-0.15, -0.1) is 11.8 Å². The van der Waals surface area contributed by atoms with Crippen LogP contribution in [0.5, 0.6) is 0 Å². The van der Waals surface area contributed by atoms with Gasteiger partial charge in [-0.25, -0.2) is 4.98 Å². The summed E-state index contributed by atoms with van der Waals surface area (Å²) in [6.07, 6.45) is 3.61. The Morgan fingerprint density at radius 1 is 1.28 bits per heavy atom. The van der Waals surface area contributed by atoms with E-state index < -0.39 is 0 Å². The Morgan fingerprint density at radius 3 is 2.78 bits per heavy atom. The van der Waals surface area contributed by atoms with Gasteiger partial charge < -0.3 is 5.32 Å². The van der Waals surface area contributed by atoms with Crippen LogP contribution in [0.25, 0.3) is 0 Å². The molecule has 2 aromatic rings. The molecule has 3 nitrogen and oxygen atoms in total. The monoisotopic (exact) mass is 322 g/mol. The van der Waals surface area contributed by atoms with Crippen molar-refractivity contribution in [3.63, 3.8) is 0 Å². The van der Waals surface area contributed by atoms with Gasteiger partial charge in [-0.1, -0.05) is 12.1 Å². The summed E-state index contributed by atoms with van der Waals surface area (Å²) in [4.78, 5) is 17.2.